The van der Waals surface area contributed by atoms with Gasteiger partial charge >= 0.3 is 0 Å². The molecule has 3 rings (SSSR count). The number of unbranched alkanes of at least 4 members (excludes halogenated alkanes) is 1. The molecule has 1 aromatic heterocycles. The lowest BCUT2D eigenvalue weighted by atomic mass is 9.98. The first-order valence-corrected chi connectivity index (χ1v) is 10.9. The van der Waals surface area contributed by atoms with Crippen molar-refractivity contribution in [1.82, 2.24) is 4.98 Å². The van der Waals surface area contributed by atoms with Gasteiger partial charge in [-0.15, -0.1) is 11.3 Å². The van der Waals surface area contributed by atoms with E-state index in [9.17, 15) is 9.18 Å². The molecule has 0 aliphatic carbocycles. The van der Waals surface area contributed by atoms with E-state index < -0.39 is 0 Å². The van der Waals surface area contributed by atoms with Crippen molar-refractivity contribution >= 4 is 33.8 Å². The number of thiazole rings is 1. The Labute approximate surface area is 175 Å². The standard InChI is InChI=1S/C23H26FN3OS/c1-3-5-7-16(4-2)22(28)25-19-12-10-17(11-13-19)21-15-29-23(27-21)26-20-9-6-8-18(24)14-20/h6,8-16H,3-5,7H2,1-2H3,(H,25,28)(H,26,27)/t16-/m0/s1. The second-order valence-corrected chi connectivity index (χ2v) is 7.85. The van der Waals surface area contributed by atoms with Crippen molar-refractivity contribution in [3.63, 3.8) is 0 Å². The molecule has 0 radical (unpaired) electrons. The van der Waals surface area contributed by atoms with Gasteiger partial charge in [0, 0.05) is 28.2 Å². The van der Waals surface area contributed by atoms with E-state index in [4.69, 9.17) is 0 Å². The first-order chi connectivity index (χ1) is 14.1. The number of nitrogens with one attached hydrogen (secondary N) is 2. The molecule has 0 aliphatic heterocycles. The maximum Gasteiger partial charge on any atom is 0.227 e. The van der Waals surface area contributed by atoms with Crippen molar-refractivity contribution in [3.8, 4) is 11.3 Å². The number of carbonyl (C=O) groups is 1. The predicted octanol–water partition coefficient (Wildman–Crippen LogP) is 6.85. The monoisotopic (exact) mass is 411 g/mol. The molecule has 29 heavy (non-hydrogen) atoms. The van der Waals surface area contributed by atoms with Crippen molar-refractivity contribution in [2.45, 2.75) is 39.5 Å². The molecule has 1 heterocycles. The smallest absolute Gasteiger partial charge is 0.227 e. The van der Waals surface area contributed by atoms with Crippen molar-refractivity contribution in [1.29, 1.82) is 0 Å². The van der Waals surface area contributed by atoms with E-state index >= 15 is 0 Å². The molecule has 1 atom stereocenters. The number of hydrogen-bond acceptors (Lipinski definition) is 4. The van der Waals surface area contributed by atoms with Gasteiger partial charge in [-0.2, -0.15) is 0 Å². The van der Waals surface area contributed by atoms with Crippen LogP contribution in [0.2, 0.25) is 0 Å². The largest absolute Gasteiger partial charge is 0.331 e. The van der Waals surface area contributed by atoms with Gasteiger partial charge in [0.2, 0.25) is 5.91 Å². The summed E-state index contributed by atoms with van der Waals surface area (Å²) in [7, 11) is 0. The molecule has 0 aliphatic rings. The second-order valence-electron chi connectivity index (χ2n) is 6.99. The Morgan fingerprint density at radius 3 is 2.62 bits per heavy atom. The van der Waals surface area contributed by atoms with Gasteiger partial charge in [0.05, 0.1) is 5.69 Å². The number of nitrogens with zero attached hydrogens (tertiary/aromatic N) is 1. The minimum Gasteiger partial charge on any atom is -0.331 e. The van der Waals surface area contributed by atoms with Crippen LogP contribution in [0.1, 0.15) is 39.5 Å². The van der Waals surface area contributed by atoms with Gasteiger partial charge < -0.3 is 10.6 Å². The number of amides is 1. The van der Waals surface area contributed by atoms with Crippen molar-refractivity contribution in [3.05, 3.63) is 59.7 Å². The third-order valence-electron chi connectivity index (χ3n) is 4.80. The summed E-state index contributed by atoms with van der Waals surface area (Å²) in [6.45, 7) is 4.20. The van der Waals surface area contributed by atoms with Gasteiger partial charge in [-0.25, -0.2) is 9.37 Å². The lowest BCUT2D eigenvalue weighted by Crippen LogP contribution is -2.22. The molecule has 0 saturated carbocycles. The van der Waals surface area contributed by atoms with Gasteiger partial charge in [-0.1, -0.05) is 44.9 Å². The third kappa shape index (κ3) is 5.87. The Morgan fingerprint density at radius 2 is 1.93 bits per heavy atom. The molecule has 0 saturated heterocycles. The zero-order valence-corrected chi connectivity index (χ0v) is 17.6. The van der Waals surface area contributed by atoms with Gasteiger partial charge in [0.1, 0.15) is 5.82 Å². The van der Waals surface area contributed by atoms with E-state index in [-0.39, 0.29) is 17.6 Å². The van der Waals surface area contributed by atoms with Crippen LogP contribution in [0.5, 0.6) is 0 Å². The van der Waals surface area contributed by atoms with Crippen LogP contribution in [0.15, 0.2) is 53.9 Å². The van der Waals surface area contributed by atoms with Crippen LogP contribution in [-0.4, -0.2) is 10.9 Å². The summed E-state index contributed by atoms with van der Waals surface area (Å²) in [4.78, 5) is 17.0. The van der Waals surface area contributed by atoms with E-state index in [1.54, 1.807) is 12.1 Å². The Kier molecular flexibility index (Phi) is 7.36. The van der Waals surface area contributed by atoms with Gasteiger partial charge in [0.15, 0.2) is 5.13 Å². The normalized spacial score (nSPS) is 11.8. The third-order valence-corrected chi connectivity index (χ3v) is 5.56. The van der Waals surface area contributed by atoms with E-state index in [1.807, 2.05) is 29.6 Å². The number of benzene rings is 2. The summed E-state index contributed by atoms with van der Waals surface area (Å²) < 4.78 is 13.3. The topological polar surface area (TPSA) is 54.0 Å². The average Bonchev–Trinajstić information content (AvgIpc) is 3.17. The number of anilines is 3. The average molecular weight is 412 g/mol. The maximum absolute atomic E-state index is 13.3. The number of halogens is 1. The summed E-state index contributed by atoms with van der Waals surface area (Å²) in [5.41, 5.74) is 3.25. The molecule has 3 aromatic rings. The fourth-order valence-electron chi connectivity index (χ4n) is 3.09. The molecule has 152 valence electrons. The quantitative estimate of drug-likeness (QED) is 0.405. The van der Waals surface area contributed by atoms with Crippen molar-refractivity contribution in [2.75, 3.05) is 10.6 Å². The highest BCUT2D eigenvalue weighted by Crippen LogP contribution is 2.28. The Balaban J connectivity index is 1.63. The predicted molar refractivity (Wildman–Crippen MR) is 119 cm³/mol. The highest BCUT2D eigenvalue weighted by molar-refractivity contribution is 7.14. The highest BCUT2D eigenvalue weighted by atomic mass is 32.1. The van der Waals surface area contributed by atoms with Crippen LogP contribution >= 0.6 is 11.3 Å². The maximum atomic E-state index is 13.3. The SMILES string of the molecule is CCCC[C@H](CC)C(=O)Nc1ccc(-c2csc(Nc3cccc(F)c3)n2)cc1. The Morgan fingerprint density at radius 1 is 1.14 bits per heavy atom. The molecule has 0 bridgehead atoms. The van der Waals surface area contributed by atoms with Crippen LogP contribution in [0.3, 0.4) is 0 Å². The van der Waals surface area contributed by atoms with E-state index in [0.29, 0.717) is 10.8 Å². The summed E-state index contributed by atoms with van der Waals surface area (Å²) in [5, 5.41) is 8.79. The van der Waals surface area contributed by atoms with E-state index in [0.717, 1.165) is 42.6 Å². The molecule has 2 N–H and O–H groups in total. The molecule has 0 unspecified atom stereocenters. The molecule has 0 spiro atoms. The molecule has 1 amide bonds. The van der Waals surface area contributed by atoms with E-state index in [2.05, 4.69) is 29.5 Å². The van der Waals surface area contributed by atoms with E-state index in [1.165, 1.54) is 23.5 Å². The fourth-order valence-corrected chi connectivity index (χ4v) is 3.83. The van der Waals surface area contributed by atoms with Crippen LogP contribution in [-0.2, 0) is 4.79 Å². The lowest BCUT2D eigenvalue weighted by Gasteiger charge is -2.14. The number of rotatable bonds is 9. The molecular weight excluding hydrogens is 385 g/mol. The second kappa shape index (κ2) is 10.2. The van der Waals surface area contributed by atoms with Crippen molar-refractivity contribution < 1.29 is 9.18 Å². The zero-order chi connectivity index (χ0) is 20.6. The molecular formula is C23H26FN3OS. The molecule has 2 aromatic carbocycles. The van der Waals surface area contributed by atoms with Crippen LogP contribution in [0, 0.1) is 11.7 Å². The van der Waals surface area contributed by atoms with Crippen LogP contribution in [0.25, 0.3) is 11.3 Å². The Bertz CT molecular complexity index is 939. The molecule has 4 nitrogen and oxygen atoms in total. The zero-order valence-electron chi connectivity index (χ0n) is 16.7. The number of hydrogen-bond donors (Lipinski definition) is 2. The van der Waals surface area contributed by atoms with Gasteiger partial charge in [-0.05, 0) is 43.2 Å². The van der Waals surface area contributed by atoms with Gasteiger partial charge in [-0.3, -0.25) is 4.79 Å². The number of carbonyl (C=O) groups excluding carboxylic acids is 1. The minimum absolute atomic E-state index is 0.0598. The summed E-state index contributed by atoms with van der Waals surface area (Å²) in [6.07, 6.45) is 3.95. The van der Waals surface area contributed by atoms with Crippen LogP contribution < -0.4 is 10.6 Å². The Hall–Kier alpha value is -2.73. The summed E-state index contributed by atoms with van der Waals surface area (Å²) in [6, 6.07) is 14.0. The molecule has 0 fully saturated rings. The first kappa shape index (κ1) is 21.0. The van der Waals surface area contributed by atoms with Gasteiger partial charge in [0.25, 0.3) is 0 Å². The minimum atomic E-state index is -0.288. The van der Waals surface area contributed by atoms with Crippen LogP contribution in [0.4, 0.5) is 20.9 Å². The lowest BCUT2D eigenvalue weighted by molar-refractivity contribution is -0.120. The van der Waals surface area contributed by atoms with Crippen molar-refractivity contribution in [2.24, 2.45) is 5.92 Å². The summed E-state index contributed by atoms with van der Waals surface area (Å²) in [5.74, 6) is -0.141. The fraction of sp³-hybridized carbons (Fsp3) is 0.304. The first-order valence-electron chi connectivity index (χ1n) is 9.98. The highest BCUT2D eigenvalue weighted by Gasteiger charge is 2.16. The summed E-state index contributed by atoms with van der Waals surface area (Å²) >= 11 is 1.46. The number of aromatic nitrogens is 1. The molecule has 6 heteroatoms.